The van der Waals surface area contributed by atoms with Crippen LogP contribution in [-0.2, 0) is 30.3 Å². The normalized spacial score (nSPS) is 17.7. The summed E-state index contributed by atoms with van der Waals surface area (Å²) in [5.41, 5.74) is 4.63. The molecule has 2 unspecified atom stereocenters. The fourth-order valence-corrected chi connectivity index (χ4v) is 10.2. The molecule has 4 fully saturated rings. The molecule has 3 N–H and O–H groups in total. The molecule has 2 atom stereocenters. The number of amides is 4. The summed E-state index contributed by atoms with van der Waals surface area (Å²) in [5.74, 6) is 2.02. The first-order valence-electron chi connectivity index (χ1n) is 28.5. The molecular weight excluding hydrogens is 977 g/mol. The van der Waals surface area contributed by atoms with Crippen LogP contribution in [0.2, 0.25) is 0 Å². The van der Waals surface area contributed by atoms with Crippen LogP contribution in [0.3, 0.4) is 0 Å². The van der Waals surface area contributed by atoms with Crippen LogP contribution in [0, 0.1) is 11.8 Å². The highest BCUT2D eigenvalue weighted by molar-refractivity contribution is 6.08. The summed E-state index contributed by atoms with van der Waals surface area (Å²) in [6.07, 6.45) is 11.4. The number of nitrogens with one attached hydrogen (secondary N) is 3. The smallest absolute Gasteiger partial charge is 0.251 e. The summed E-state index contributed by atoms with van der Waals surface area (Å²) in [4.78, 5) is 90.4. The Morgan fingerprint density at radius 2 is 1.48 bits per heavy atom. The van der Waals surface area contributed by atoms with E-state index in [2.05, 4.69) is 60.4 Å². The van der Waals surface area contributed by atoms with E-state index < -0.39 is 0 Å². The van der Waals surface area contributed by atoms with Crippen LogP contribution >= 0.6 is 0 Å². The van der Waals surface area contributed by atoms with Gasteiger partial charge in [0.25, 0.3) is 5.91 Å². The Kier molecular flexibility index (Phi) is 27.0. The third-order valence-electron chi connectivity index (χ3n) is 15.0. The molecule has 0 bridgehead atoms. The molecule has 4 aliphatic heterocycles. The average Bonchev–Trinajstić information content (AvgIpc) is 3.45. The van der Waals surface area contributed by atoms with Crippen LogP contribution in [0.4, 0.5) is 17.2 Å². The Balaban J connectivity index is 0.000000681. The lowest BCUT2D eigenvalue weighted by Gasteiger charge is -2.39. The minimum Gasteiger partial charge on any atom is -0.380 e. The van der Waals surface area contributed by atoms with Gasteiger partial charge in [-0.15, -0.1) is 0 Å². The van der Waals surface area contributed by atoms with Crippen LogP contribution in [0.25, 0.3) is 0 Å². The number of anilines is 3. The molecule has 424 valence electrons. The molecule has 0 radical (unpaired) electrons. The van der Waals surface area contributed by atoms with Crippen LogP contribution < -0.4 is 30.7 Å². The van der Waals surface area contributed by atoms with E-state index >= 15 is 0 Å². The Bertz CT molecular complexity index is 2310. The highest BCUT2D eigenvalue weighted by Gasteiger charge is 2.26. The number of piperidine rings is 2. The van der Waals surface area contributed by atoms with Gasteiger partial charge in [0.2, 0.25) is 18.2 Å². The van der Waals surface area contributed by atoms with E-state index in [0.29, 0.717) is 48.5 Å². The molecule has 1 aromatic heterocycles. The highest BCUT2D eigenvalue weighted by atomic mass is 16.5. The highest BCUT2D eigenvalue weighted by Crippen LogP contribution is 2.26. The topological polar surface area (TPSA) is 199 Å². The van der Waals surface area contributed by atoms with Crippen LogP contribution in [0.1, 0.15) is 154 Å². The molecule has 77 heavy (non-hydrogen) atoms. The standard InChI is InChI=1S/C50H74N8O5.C7H11NO2.C2H5NO/c1-6-8-9-10-21-56(7-2)49-36-47(38(3)51-50(61)42-13-15-43(16-14-42)58-29-33-63-34-30-58)52-48(53-49)12-11-31-62-32-28-54-22-19-41(20-23-54)37-55-24-26-57(27-25-55)44-17-18-45(39(4)59)46(35-44)40(5)60;1-2-5-3-4-6(9)8-7(5)10;1-3-2-4/h13-18,35-36,38,41H,6-12,19-34,37H2,1-5H3,(H,51,61);5H,2-4H2,1H3,(H,8,9,10);2H,1H3,(H,3,4). The van der Waals surface area contributed by atoms with E-state index in [-0.39, 0.29) is 41.2 Å². The summed E-state index contributed by atoms with van der Waals surface area (Å²) in [6.45, 7) is 25.9. The van der Waals surface area contributed by atoms with E-state index in [1.54, 1.807) is 13.1 Å². The molecule has 4 aliphatic rings. The summed E-state index contributed by atoms with van der Waals surface area (Å²) >= 11 is 0. The van der Waals surface area contributed by atoms with Gasteiger partial charge >= 0.3 is 0 Å². The largest absolute Gasteiger partial charge is 0.380 e. The second-order valence-corrected chi connectivity index (χ2v) is 20.6. The van der Waals surface area contributed by atoms with Crippen molar-refractivity contribution in [3.63, 3.8) is 0 Å². The number of imide groups is 1. The Labute approximate surface area is 458 Å². The SMILES string of the molecule is CCC1CCC(=O)NC1=O.CCCCCCN(CC)c1cc(C(C)NC(=O)c2ccc(N3CCOCC3)cc2)nc(CCCOCCN2CCC(CN3CCN(c4ccc(C(C)=O)c(C(C)=O)c4)CC3)CC2)n1.CNC=O. The van der Waals surface area contributed by atoms with Crippen molar-refractivity contribution in [1.82, 2.24) is 35.7 Å². The van der Waals surface area contributed by atoms with Crippen molar-refractivity contribution in [3.8, 4) is 0 Å². The zero-order valence-electron chi connectivity index (χ0n) is 47.4. The van der Waals surface area contributed by atoms with Gasteiger partial charge in [-0.25, -0.2) is 9.97 Å². The molecule has 0 aliphatic carbocycles. The van der Waals surface area contributed by atoms with E-state index in [9.17, 15) is 24.0 Å². The van der Waals surface area contributed by atoms with Crippen molar-refractivity contribution in [2.75, 3.05) is 127 Å². The zero-order valence-corrected chi connectivity index (χ0v) is 47.4. The van der Waals surface area contributed by atoms with Gasteiger partial charge in [0.1, 0.15) is 11.6 Å². The number of aromatic nitrogens is 2. The first kappa shape index (κ1) is 62.0. The lowest BCUT2D eigenvalue weighted by Crippen LogP contribution is -2.49. The van der Waals surface area contributed by atoms with Gasteiger partial charge in [0.05, 0.1) is 31.6 Å². The molecular formula is C59H90N10O8. The second-order valence-electron chi connectivity index (χ2n) is 20.6. The number of carbonyl (C=O) groups excluding carboxylic acids is 6. The summed E-state index contributed by atoms with van der Waals surface area (Å²) < 4.78 is 11.7. The van der Waals surface area contributed by atoms with Gasteiger partial charge in [-0.3, -0.25) is 39.0 Å². The molecule has 4 amide bonds. The van der Waals surface area contributed by atoms with Crippen molar-refractivity contribution in [2.45, 2.75) is 118 Å². The Morgan fingerprint density at radius 3 is 2.10 bits per heavy atom. The van der Waals surface area contributed by atoms with Crippen LogP contribution in [0.5, 0.6) is 0 Å². The maximum absolute atomic E-state index is 13.4. The van der Waals surface area contributed by atoms with Gasteiger partial charge in [-0.2, -0.15) is 0 Å². The average molecular weight is 1070 g/mol. The molecule has 3 aromatic rings. The Morgan fingerprint density at radius 1 is 0.805 bits per heavy atom. The third kappa shape index (κ3) is 20.5. The van der Waals surface area contributed by atoms with Gasteiger partial charge in [0, 0.05) is 132 Å². The van der Waals surface area contributed by atoms with Gasteiger partial charge in [-0.05, 0) is 128 Å². The first-order chi connectivity index (χ1) is 37.3. The van der Waals surface area contributed by atoms with Crippen molar-refractivity contribution in [3.05, 3.63) is 76.7 Å². The number of ketones is 2. The van der Waals surface area contributed by atoms with Crippen molar-refractivity contribution in [2.24, 2.45) is 11.8 Å². The summed E-state index contributed by atoms with van der Waals surface area (Å²) in [7, 11) is 1.56. The quantitative estimate of drug-likeness (QED) is 0.0342. The Hall–Kier alpha value is -5.82. The van der Waals surface area contributed by atoms with Crippen molar-refractivity contribution < 1.29 is 38.2 Å². The number of ether oxygens (including phenoxy) is 2. The fourth-order valence-electron chi connectivity index (χ4n) is 10.2. The third-order valence-corrected chi connectivity index (χ3v) is 15.0. The fraction of sp³-hybridized carbons (Fsp3) is 0.627. The number of piperazine rings is 1. The number of likely N-dealkylation sites (tertiary alicyclic amines) is 1. The number of unbranched alkanes of at least 4 members (excludes halogenated alkanes) is 3. The van der Waals surface area contributed by atoms with E-state index in [4.69, 9.17) is 24.2 Å². The number of morpholine rings is 1. The predicted octanol–water partition coefficient (Wildman–Crippen LogP) is 6.91. The number of benzene rings is 2. The van der Waals surface area contributed by atoms with E-state index in [1.165, 1.54) is 46.0 Å². The molecule has 18 nitrogen and oxygen atoms in total. The second kappa shape index (κ2) is 33.5. The number of aryl methyl sites for hydroxylation is 1. The minimum absolute atomic E-state index is 0.0650. The van der Waals surface area contributed by atoms with Crippen molar-refractivity contribution >= 4 is 52.9 Å². The van der Waals surface area contributed by atoms with Crippen molar-refractivity contribution in [1.29, 1.82) is 0 Å². The minimum atomic E-state index is -0.284. The maximum atomic E-state index is 13.4. The van der Waals surface area contributed by atoms with E-state index in [0.717, 1.165) is 153 Å². The summed E-state index contributed by atoms with van der Waals surface area (Å²) in [6, 6.07) is 15.3. The number of hydrogen-bond donors (Lipinski definition) is 3. The zero-order chi connectivity index (χ0) is 55.5. The molecule has 2 aromatic carbocycles. The number of rotatable bonds is 25. The molecule has 7 rings (SSSR count). The molecule has 4 saturated heterocycles. The van der Waals surface area contributed by atoms with Gasteiger partial charge in [-0.1, -0.05) is 33.1 Å². The first-order valence-corrected chi connectivity index (χ1v) is 28.5. The monoisotopic (exact) mass is 1070 g/mol. The number of hydrogen-bond acceptors (Lipinski definition) is 15. The maximum Gasteiger partial charge on any atom is 0.251 e. The van der Waals surface area contributed by atoms with Gasteiger partial charge in [0.15, 0.2) is 11.6 Å². The summed E-state index contributed by atoms with van der Waals surface area (Å²) in [5, 5.41) is 7.76. The molecule has 0 spiro atoms. The molecule has 18 heteroatoms. The van der Waals surface area contributed by atoms with E-state index in [1.807, 2.05) is 50.2 Å². The van der Waals surface area contributed by atoms with Crippen LogP contribution in [0.15, 0.2) is 48.5 Å². The molecule has 0 saturated carbocycles. The lowest BCUT2D eigenvalue weighted by atomic mass is 9.96. The molecule has 5 heterocycles. The number of nitrogens with zero attached hydrogens (tertiary/aromatic N) is 7. The number of Topliss-reactive ketones (excluding diaryl/α,β-unsaturated/α-hetero) is 2. The predicted molar refractivity (Wildman–Crippen MR) is 304 cm³/mol. The lowest BCUT2D eigenvalue weighted by molar-refractivity contribution is -0.136. The van der Waals surface area contributed by atoms with Crippen LogP contribution in [-0.4, -0.2) is 167 Å². The van der Waals surface area contributed by atoms with Gasteiger partial charge < -0.3 is 39.7 Å². The number of carbonyl (C=O) groups is 6.